The molecule has 240 valence electrons. The van der Waals surface area contributed by atoms with Crippen molar-refractivity contribution in [3.8, 4) is 11.1 Å². The Bertz CT molecular complexity index is 1480. The van der Waals surface area contributed by atoms with E-state index in [1.807, 2.05) is 121 Å². The molecule has 5 rings (SSSR count). The molecular weight excluding hydrogens is 578 g/mol. The Labute approximate surface area is 272 Å². The smallest absolute Gasteiger partial charge is 0.251 e. The molecule has 4 aromatic carbocycles. The number of nitrogens with one attached hydrogen (secondary N) is 1. The second-order valence-electron chi connectivity index (χ2n) is 11.2. The lowest BCUT2D eigenvalue weighted by Crippen LogP contribution is -2.62. The summed E-state index contributed by atoms with van der Waals surface area (Å²) in [5, 5.41) is 3.08. The van der Waals surface area contributed by atoms with Crippen LogP contribution in [0.4, 0.5) is 0 Å². The molecule has 1 saturated heterocycles. The van der Waals surface area contributed by atoms with Crippen LogP contribution in [0.1, 0.15) is 34.3 Å². The molecule has 1 amide bonds. The van der Waals surface area contributed by atoms with E-state index >= 15 is 0 Å². The third-order valence-electron chi connectivity index (χ3n) is 7.95. The first-order chi connectivity index (χ1) is 22.7. The number of benzene rings is 4. The van der Waals surface area contributed by atoms with Gasteiger partial charge in [0, 0.05) is 25.8 Å². The normalized spacial score (nSPS) is 21.0. The summed E-state index contributed by atoms with van der Waals surface area (Å²) in [4.78, 5) is 13.4. The van der Waals surface area contributed by atoms with Crippen molar-refractivity contribution in [2.45, 2.75) is 56.8 Å². The molecule has 0 bridgehead atoms. The quantitative estimate of drug-likeness (QED) is 0.108. The maximum Gasteiger partial charge on any atom is 0.251 e. The summed E-state index contributed by atoms with van der Waals surface area (Å²) in [6, 6.07) is 37.5. The van der Waals surface area contributed by atoms with Crippen LogP contribution in [-0.4, -0.2) is 56.9 Å². The fourth-order valence-electron chi connectivity index (χ4n) is 5.55. The summed E-state index contributed by atoms with van der Waals surface area (Å²) in [6.45, 7) is 5.20. The van der Waals surface area contributed by atoms with Crippen molar-refractivity contribution in [1.82, 2.24) is 5.32 Å². The Hall–Kier alpha value is -4.11. The van der Waals surface area contributed by atoms with Gasteiger partial charge in [-0.15, -0.1) is 6.58 Å². The molecule has 5 atom stereocenters. The van der Waals surface area contributed by atoms with Gasteiger partial charge in [-0.2, -0.15) is 0 Å². The van der Waals surface area contributed by atoms with Crippen LogP contribution in [0.5, 0.6) is 0 Å². The van der Waals surface area contributed by atoms with Gasteiger partial charge >= 0.3 is 0 Å². The van der Waals surface area contributed by atoms with Gasteiger partial charge in [-0.1, -0.05) is 109 Å². The minimum Gasteiger partial charge on any atom is -0.373 e. The van der Waals surface area contributed by atoms with Gasteiger partial charge < -0.3 is 29.0 Å². The molecule has 46 heavy (non-hydrogen) atoms. The molecule has 0 spiro atoms. The van der Waals surface area contributed by atoms with E-state index in [9.17, 15) is 4.79 Å². The molecule has 0 unspecified atom stereocenters. The number of ether oxygens (including phenoxy) is 5. The highest BCUT2D eigenvalue weighted by Gasteiger charge is 2.48. The molecular formula is C39H43NO6. The number of allylic oxidation sites excluding steroid dienone is 1. The van der Waals surface area contributed by atoms with Crippen LogP contribution in [0.25, 0.3) is 11.1 Å². The Morgan fingerprint density at radius 2 is 1.37 bits per heavy atom. The fourth-order valence-corrected chi connectivity index (χ4v) is 5.55. The second-order valence-corrected chi connectivity index (χ2v) is 11.2. The lowest BCUT2D eigenvalue weighted by molar-refractivity contribution is -0.315. The second kappa shape index (κ2) is 17.5. The number of rotatable bonds is 16. The Morgan fingerprint density at radius 3 is 2.00 bits per heavy atom. The van der Waals surface area contributed by atoms with Gasteiger partial charge in [-0.3, -0.25) is 4.79 Å². The topological polar surface area (TPSA) is 75.2 Å². The minimum atomic E-state index is -0.749. The van der Waals surface area contributed by atoms with E-state index in [1.165, 1.54) is 0 Å². The summed E-state index contributed by atoms with van der Waals surface area (Å²) in [5.74, 6) is -0.204. The summed E-state index contributed by atoms with van der Waals surface area (Å²) in [5.41, 5.74) is 4.62. The number of carbonyl (C=O) groups excluding carboxylic acids is 1. The fraction of sp³-hybridized carbons (Fsp3) is 0.308. The van der Waals surface area contributed by atoms with Crippen LogP contribution in [-0.2, 0) is 36.9 Å². The molecule has 7 heteroatoms. The van der Waals surface area contributed by atoms with Crippen molar-refractivity contribution in [1.29, 1.82) is 0 Å². The van der Waals surface area contributed by atoms with Crippen LogP contribution in [0.2, 0.25) is 0 Å². The zero-order valence-electron chi connectivity index (χ0n) is 26.3. The minimum absolute atomic E-state index is 0.191. The summed E-state index contributed by atoms with van der Waals surface area (Å²) in [6.07, 6.45) is 0.488. The van der Waals surface area contributed by atoms with Gasteiger partial charge in [0.2, 0.25) is 0 Å². The molecule has 4 aromatic rings. The molecule has 1 heterocycles. The molecule has 0 aromatic heterocycles. The van der Waals surface area contributed by atoms with Crippen molar-refractivity contribution in [2.24, 2.45) is 0 Å². The highest BCUT2D eigenvalue weighted by Crippen LogP contribution is 2.30. The third-order valence-corrected chi connectivity index (χ3v) is 7.95. The van der Waals surface area contributed by atoms with Crippen LogP contribution >= 0.6 is 0 Å². The van der Waals surface area contributed by atoms with Crippen molar-refractivity contribution in [2.75, 3.05) is 20.3 Å². The predicted octanol–water partition coefficient (Wildman–Crippen LogP) is 6.98. The van der Waals surface area contributed by atoms with E-state index in [1.54, 1.807) is 7.11 Å². The van der Waals surface area contributed by atoms with E-state index in [0.29, 0.717) is 25.4 Å². The van der Waals surface area contributed by atoms with Crippen molar-refractivity contribution in [3.05, 3.63) is 145 Å². The largest absolute Gasteiger partial charge is 0.373 e. The first-order valence-corrected chi connectivity index (χ1v) is 15.8. The van der Waals surface area contributed by atoms with E-state index < -0.39 is 30.7 Å². The summed E-state index contributed by atoms with van der Waals surface area (Å²) < 4.78 is 31.9. The number of amides is 1. The van der Waals surface area contributed by atoms with E-state index in [0.717, 1.165) is 35.1 Å². The Balaban J connectivity index is 1.36. The van der Waals surface area contributed by atoms with Crippen molar-refractivity contribution >= 4 is 5.91 Å². The van der Waals surface area contributed by atoms with Crippen LogP contribution in [0.15, 0.2) is 128 Å². The lowest BCUT2D eigenvalue weighted by Gasteiger charge is -2.45. The van der Waals surface area contributed by atoms with Crippen LogP contribution < -0.4 is 5.32 Å². The number of carbonyl (C=O) groups is 1. The molecule has 1 aliphatic rings. The SMILES string of the molecule is C=CCCCO[C@H]1[C@H](OCc2ccccc2)[C@@H](OCc2ccccc2)[C@@H](OC)O[C@@H]1CNC(=O)c1cccc(-c2ccccc2)c1. The van der Waals surface area contributed by atoms with Crippen LogP contribution in [0, 0.1) is 0 Å². The molecule has 0 saturated carbocycles. The third kappa shape index (κ3) is 9.22. The number of hydrogen-bond donors (Lipinski definition) is 1. The van der Waals surface area contributed by atoms with Crippen molar-refractivity contribution in [3.63, 3.8) is 0 Å². The first kappa shape index (κ1) is 33.3. The van der Waals surface area contributed by atoms with Gasteiger partial charge in [0.05, 0.1) is 13.2 Å². The number of hydrogen-bond acceptors (Lipinski definition) is 6. The zero-order chi connectivity index (χ0) is 32.0. The maximum atomic E-state index is 13.4. The number of unbranched alkanes of at least 4 members (excludes halogenated alkanes) is 1. The first-order valence-electron chi connectivity index (χ1n) is 15.8. The van der Waals surface area contributed by atoms with E-state index in [-0.39, 0.29) is 12.5 Å². The molecule has 0 aliphatic carbocycles. The number of methoxy groups -OCH3 is 1. The summed E-state index contributed by atoms with van der Waals surface area (Å²) >= 11 is 0. The Morgan fingerprint density at radius 1 is 0.761 bits per heavy atom. The van der Waals surface area contributed by atoms with Crippen LogP contribution in [0.3, 0.4) is 0 Å². The highest BCUT2D eigenvalue weighted by atomic mass is 16.7. The molecule has 1 aliphatic heterocycles. The van der Waals surface area contributed by atoms with Gasteiger partial charge in [0.15, 0.2) is 6.29 Å². The molecule has 1 N–H and O–H groups in total. The Kier molecular flexibility index (Phi) is 12.7. The average molecular weight is 622 g/mol. The van der Waals surface area contributed by atoms with Gasteiger partial charge in [0.25, 0.3) is 5.91 Å². The van der Waals surface area contributed by atoms with E-state index in [2.05, 4.69) is 11.9 Å². The van der Waals surface area contributed by atoms with Gasteiger partial charge in [-0.25, -0.2) is 0 Å². The highest BCUT2D eigenvalue weighted by molar-refractivity contribution is 5.95. The standard InChI is InChI=1S/C39H43NO6/c1-3-4-14-24-43-35-34(26-40-38(41)33-23-15-22-32(25-33)31-20-12-7-13-21-31)46-39(42-2)37(45-28-30-18-10-6-11-19-30)36(35)44-27-29-16-8-5-9-17-29/h3,5-13,15-23,25,34-37,39H,1,4,14,24,26-28H2,2H3,(H,40,41)/t34-,35-,36+,37-,39+/m1/s1. The lowest BCUT2D eigenvalue weighted by atomic mass is 9.97. The predicted molar refractivity (Wildman–Crippen MR) is 179 cm³/mol. The van der Waals surface area contributed by atoms with Gasteiger partial charge in [-0.05, 0) is 47.2 Å². The van der Waals surface area contributed by atoms with Gasteiger partial charge in [0.1, 0.15) is 24.4 Å². The van der Waals surface area contributed by atoms with E-state index in [4.69, 9.17) is 23.7 Å². The summed E-state index contributed by atoms with van der Waals surface area (Å²) in [7, 11) is 1.59. The average Bonchev–Trinajstić information content (AvgIpc) is 3.12. The maximum absolute atomic E-state index is 13.4. The molecule has 0 radical (unpaired) electrons. The zero-order valence-corrected chi connectivity index (χ0v) is 26.3. The molecule has 1 fully saturated rings. The monoisotopic (exact) mass is 621 g/mol. The molecule has 7 nitrogen and oxygen atoms in total. The van der Waals surface area contributed by atoms with Crippen molar-refractivity contribution < 1.29 is 28.5 Å².